The Balaban J connectivity index is 1.96. The van der Waals surface area contributed by atoms with Crippen molar-refractivity contribution in [2.45, 2.75) is 20.3 Å². The van der Waals surface area contributed by atoms with Gasteiger partial charge in [-0.15, -0.1) is 0 Å². The maximum Gasteiger partial charge on any atom is 0.339 e. The molecule has 0 bridgehead atoms. The van der Waals surface area contributed by atoms with Gasteiger partial charge in [0.25, 0.3) is 5.56 Å². The number of aryl methyl sites for hydroxylation is 1. The molecule has 3 rings (SSSR count). The number of para-hydroxylation sites is 1. The summed E-state index contributed by atoms with van der Waals surface area (Å²) in [6.07, 6.45) is 0.217. The van der Waals surface area contributed by atoms with Crippen LogP contribution in [0.25, 0.3) is 5.69 Å². The fraction of sp³-hybridized carbons (Fsp3) is 0.143. The van der Waals surface area contributed by atoms with Crippen LogP contribution in [0.15, 0.2) is 69.3 Å². The van der Waals surface area contributed by atoms with E-state index in [0.717, 1.165) is 10.1 Å². The molecule has 0 spiro atoms. The summed E-state index contributed by atoms with van der Waals surface area (Å²) in [6, 6.07) is 15.0. The highest BCUT2D eigenvalue weighted by molar-refractivity contribution is 6.02. The van der Waals surface area contributed by atoms with Crippen LogP contribution >= 0.6 is 0 Å². The number of aromatic nitrogens is 2. The molecular formula is C21H21N5O4. The number of amides is 2. The van der Waals surface area contributed by atoms with Crippen LogP contribution in [0.1, 0.15) is 24.5 Å². The number of carbonyl (C=O) groups is 1. The molecule has 0 saturated heterocycles. The normalized spacial score (nSPS) is 11.2. The van der Waals surface area contributed by atoms with Crippen LogP contribution in [-0.2, 0) is 0 Å². The van der Waals surface area contributed by atoms with Crippen LogP contribution in [0.4, 0.5) is 10.5 Å². The minimum Gasteiger partial charge on any atom is -0.493 e. The molecule has 2 aromatic carbocycles. The Kier molecular flexibility index (Phi) is 6.11. The second-order valence-corrected chi connectivity index (χ2v) is 6.47. The summed E-state index contributed by atoms with van der Waals surface area (Å²) in [5.41, 5.74) is 2.55. The van der Waals surface area contributed by atoms with E-state index in [1.807, 2.05) is 13.0 Å². The lowest BCUT2D eigenvalue weighted by atomic mass is 10.1. The van der Waals surface area contributed by atoms with Gasteiger partial charge in [-0.1, -0.05) is 42.8 Å². The quantitative estimate of drug-likeness (QED) is 0.382. The van der Waals surface area contributed by atoms with Crippen molar-refractivity contribution in [3.8, 4) is 11.6 Å². The predicted octanol–water partition coefficient (Wildman–Crippen LogP) is 2.48. The van der Waals surface area contributed by atoms with Gasteiger partial charge < -0.3 is 10.4 Å². The third-order valence-electron chi connectivity index (χ3n) is 4.33. The molecule has 1 aromatic heterocycles. The second kappa shape index (κ2) is 8.91. The van der Waals surface area contributed by atoms with E-state index >= 15 is 0 Å². The number of hydrogen-bond donors (Lipinski definition) is 4. The Hall–Kier alpha value is -4.14. The standard InChI is InChI=1S/C21H21N5O4/c1-3-16(24-25-20(29)22-14-7-5-4-6-8-14)17-18(27)23-21(30)26(19(17)28)15-11-9-13(2)10-12-15/h4-12,28H,3H2,1-2H3,(H2,22,25,29)(H,23,27,30)/b24-16-. The summed E-state index contributed by atoms with van der Waals surface area (Å²) < 4.78 is 0.978. The van der Waals surface area contributed by atoms with Gasteiger partial charge >= 0.3 is 11.7 Å². The van der Waals surface area contributed by atoms with E-state index in [1.54, 1.807) is 55.5 Å². The third-order valence-corrected chi connectivity index (χ3v) is 4.33. The van der Waals surface area contributed by atoms with Crippen LogP contribution in [-0.4, -0.2) is 26.4 Å². The van der Waals surface area contributed by atoms with Crippen molar-refractivity contribution < 1.29 is 9.90 Å². The fourth-order valence-electron chi connectivity index (χ4n) is 2.83. The first kappa shape index (κ1) is 20.6. The van der Waals surface area contributed by atoms with Crippen molar-refractivity contribution >= 4 is 17.4 Å². The van der Waals surface area contributed by atoms with Gasteiger partial charge in [-0.25, -0.2) is 19.6 Å². The van der Waals surface area contributed by atoms with E-state index in [1.165, 1.54) is 0 Å². The first-order chi connectivity index (χ1) is 14.4. The van der Waals surface area contributed by atoms with Crippen molar-refractivity contribution in [2.24, 2.45) is 5.10 Å². The maximum absolute atomic E-state index is 12.4. The number of benzene rings is 2. The summed E-state index contributed by atoms with van der Waals surface area (Å²) in [7, 11) is 0. The molecule has 4 N–H and O–H groups in total. The molecule has 154 valence electrons. The number of carbonyl (C=O) groups excluding carboxylic acids is 1. The van der Waals surface area contributed by atoms with Crippen LogP contribution in [0.2, 0.25) is 0 Å². The van der Waals surface area contributed by atoms with Crippen molar-refractivity contribution in [1.82, 2.24) is 15.0 Å². The molecule has 30 heavy (non-hydrogen) atoms. The number of hydrogen-bond acceptors (Lipinski definition) is 5. The Morgan fingerprint density at radius 3 is 2.40 bits per heavy atom. The molecule has 0 radical (unpaired) electrons. The van der Waals surface area contributed by atoms with Crippen molar-refractivity contribution in [1.29, 1.82) is 0 Å². The molecule has 0 fully saturated rings. The molecule has 3 aromatic rings. The number of H-pyrrole nitrogens is 1. The zero-order chi connectivity index (χ0) is 21.7. The van der Waals surface area contributed by atoms with E-state index < -0.39 is 23.2 Å². The Morgan fingerprint density at radius 2 is 1.77 bits per heavy atom. The second-order valence-electron chi connectivity index (χ2n) is 6.47. The minimum atomic E-state index is -0.799. The molecule has 1 heterocycles. The SMILES string of the molecule is CC/C(=N/NC(=O)Nc1ccccc1)c1c(O)n(-c2ccc(C)cc2)c(=O)[nH]c1=O. The summed E-state index contributed by atoms with van der Waals surface area (Å²) in [5, 5.41) is 17.3. The molecule has 0 atom stereocenters. The highest BCUT2D eigenvalue weighted by Gasteiger charge is 2.19. The Bertz CT molecular complexity index is 1190. The molecule has 0 saturated carbocycles. The summed E-state index contributed by atoms with van der Waals surface area (Å²) in [4.78, 5) is 39.0. The number of aromatic amines is 1. The molecule has 0 unspecified atom stereocenters. The van der Waals surface area contributed by atoms with Crippen LogP contribution in [0.3, 0.4) is 0 Å². The maximum atomic E-state index is 12.4. The summed E-state index contributed by atoms with van der Waals surface area (Å²) in [6.45, 7) is 3.59. The largest absolute Gasteiger partial charge is 0.493 e. The zero-order valence-electron chi connectivity index (χ0n) is 16.5. The van der Waals surface area contributed by atoms with Gasteiger partial charge in [0.1, 0.15) is 5.56 Å². The predicted molar refractivity (Wildman–Crippen MR) is 114 cm³/mol. The average Bonchev–Trinajstić information content (AvgIpc) is 2.72. The highest BCUT2D eigenvalue weighted by atomic mass is 16.3. The van der Waals surface area contributed by atoms with E-state index in [-0.39, 0.29) is 17.7 Å². The van der Waals surface area contributed by atoms with Gasteiger partial charge in [-0.05, 0) is 37.6 Å². The number of urea groups is 1. The molecule has 9 nitrogen and oxygen atoms in total. The first-order valence-electron chi connectivity index (χ1n) is 9.25. The van der Waals surface area contributed by atoms with Crippen molar-refractivity contribution in [3.63, 3.8) is 0 Å². The van der Waals surface area contributed by atoms with Crippen molar-refractivity contribution in [3.05, 3.63) is 86.6 Å². The van der Waals surface area contributed by atoms with E-state index in [0.29, 0.717) is 11.4 Å². The van der Waals surface area contributed by atoms with Gasteiger partial charge in [0.15, 0.2) is 0 Å². The van der Waals surface area contributed by atoms with E-state index in [9.17, 15) is 19.5 Å². The van der Waals surface area contributed by atoms with Gasteiger partial charge in [-0.3, -0.25) is 9.78 Å². The smallest absolute Gasteiger partial charge is 0.339 e. The lowest BCUT2D eigenvalue weighted by Crippen LogP contribution is -2.34. The van der Waals surface area contributed by atoms with E-state index in [4.69, 9.17) is 0 Å². The average molecular weight is 407 g/mol. The summed E-state index contributed by atoms with van der Waals surface area (Å²) >= 11 is 0. The van der Waals surface area contributed by atoms with Gasteiger partial charge in [0, 0.05) is 5.69 Å². The number of nitrogens with one attached hydrogen (secondary N) is 3. The van der Waals surface area contributed by atoms with Crippen molar-refractivity contribution in [2.75, 3.05) is 5.32 Å². The number of hydrazone groups is 1. The number of rotatable bonds is 5. The first-order valence-corrected chi connectivity index (χ1v) is 9.25. The lowest BCUT2D eigenvalue weighted by Gasteiger charge is -2.12. The van der Waals surface area contributed by atoms with Crippen LogP contribution in [0, 0.1) is 6.92 Å². The molecule has 2 amide bonds. The number of anilines is 1. The molecule has 0 aliphatic carbocycles. The lowest BCUT2D eigenvalue weighted by molar-refractivity contribution is 0.252. The zero-order valence-corrected chi connectivity index (χ0v) is 16.5. The van der Waals surface area contributed by atoms with Gasteiger partial charge in [-0.2, -0.15) is 5.10 Å². The monoisotopic (exact) mass is 407 g/mol. The van der Waals surface area contributed by atoms with Crippen LogP contribution < -0.4 is 22.0 Å². The molecule has 9 heteroatoms. The Morgan fingerprint density at radius 1 is 1.10 bits per heavy atom. The molecular weight excluding hydrogens is 386 g/mol. The van der Waals surface area contributed by atoms with Gasteiger partial charge in [0.05, 0.1) is 11.4 Å². The number of nitrogens with zero attached hydrogens (tertiary/aromatic N) is 2. The fourth-order valence-corrected chi connectivity index (χ4v) is 2.83. The van der Waals surface area contributed by atoms with Crippen LogP contribution in [0.5, 0.6) is 5.88 Å². The van der Waals surface area contributed by atoms with Gasteiger partial charge in [0.2, 0.25) is 5.88 Å². The molecule has 0 aliphatic heterocycles. The topological polar surface area (TPSA) is 129 Å². The number of aromatic hydroxyl groups is 1. The molecule has 0 aliphatic rings. The van der Waals surface area contributed by atoms with E-state index in [2.05, 4.69) is 20.8 Å². The Labute approximate surface area is 171 Å². The highest BCUT2D eigenvalue weighted by Crippen LogP contribution is 2.18. The minimum absolute atomic E-state index is 0.109. The third kappa shape index (κ3) is 4.46. The summed E-state index contributed by atoms with van der Waals surface area (Å²) in [5.74, 6) is -0.557.